The fraction of sp³-hybridized carbons (Fsp3) is 0.158. The van der Waals surface area contributed by atoms with Crippen LogP contribution in [0.25, 0.3) is 11.1 Å². The molecule has 3 aromatic rings. The Morgan fingerprint density at radius 2 is 2.00 bits per heavy atom. The van der Waals surface area contributed by atoms with Crippen molar-refractivity contribution >= 4 is 23.3 Å². The van der Waals surface area contributed by atoms with E-state index in [4.69, 9.17) is 11.6 Å². The molecular formula is C19H17ClN4O. The van der Waals surface area contributed by atoms with E-state index in [1.807, 2.05) is 48.7 Å². The van der Waals surface area contributed by atoms with Crippen LogP contribution in [0.4, 0.5) is 10.5 Å². The zero-order valence-electron chi connectivity index (χ0n) is 13.4. The highest BCUT2D eigenvalue weighted by atomic mass is 35.5. The molecule has 1 aromatic heterocycles. The first-order chi connectivity index (χ1) is 12.2. The van der Waals surface area contributed by atoms with Gasteiger partial charge in [-0.05, 0) is 47.7 Å². The Morgan fingerprint density at radius 1 is 1.16 bits per heavy atom. The molecule has 5 nitrogen and oxygen atoms in total. The number of hydrogen-bond donors (Lipinski definition) is 3. The van der Waals surface area contributed by atoms with Crippen LogP contribution in [0.3, 0.4) is 0 Å². The number of carbonyl (C=O) groups excluding carboxylic acids is 1. The van der Waals surface area contributed by atoms with Crippen LogP contribution in [0.1, 0.15) is 23.6 Å². The third kappa shape index (κ3) is 3.23. The quantitative estimate of drug-likeness (QED) is 0.647. The van der Waals surface area contributed by atoms with Crippen molar-refractivity contribution in [3.63, 3.8) is 0 Å². The summed E-state index contributed by atoms with van der Waals surface area (Å²) in [7, 11) is 0. The minimum Gasteiger partial charge on any atom is -0.331 e. The fourth-order valence-corrected chi connectivity index (χ4v) is 3.52. The number of anilines is 1. The molecule has 4 rings (SSSR count). The maximum Gasteiger partial charge on any atom is 0.319 e. The van der Waals surface area contributed by atoms with Gasteiger partial charge in [-0.2, -0.15) is 5.10 Å². The van der Waals surface area contributed by atoms with Crippen molar-refractivity contribution in [1.82, 2.24) is 15.5 Å². The zero-order chi connectivity index (χ0) is 17.2. The normalized spacial score (nSPS) is 15.6. The summed E-state index contributed by atoms with van der Waals surface area (Å²) in [5.74, 6) is 0. The number of rotatable bonds is 3. The molecule has 1 heterocycles. The molecule has 2 aromatic carbocycles. The summed E-state index contributed by atoms with van der Waals surface area (Å²) >= 11 is 6.22. The first-order valence-corrected chi connectivity index (χ1v) is 8.52. The van der Waals surface area contributed by atoms with E-state index in [1.165, 1.54) is 0 Å². The highest BCUT2D eigenvalue weighted by Gasteiger charge is 2.25. The lowest BCUT2D eigenvalue weighted by Gasteiger charge is -2.15. The molecule has 126 valence electrons. The average molecular weight is 353 g/mol. The number of H-pyrrole nitrogens is 1. The van der Waals surface area contributed by atoms with Crippen molar-refractivity contribution in [3.05, 3.63) is 71.0 Å². The SMILES string of the molecule is O=C(Nc1ccc(-c2cn[nH]c2)cc1)NC1CCc2c(Cl)cccc21. The van der Waals surface area contributed by atoms with Crippen molar-refractivity contribution in [1.29, 1.82) is 0 Å². The number of nitrogens with one attached hydrogen (secondary N) is 3. The van der Waals surface area contributed by atoms with Crippen LogP contribution in [0.2, 0.25) is 5.02 Å². The predicted molar refractivity (Wildman–Crippen MR) is 98.7 cm³/mol. The van der Waals surface area contributed by atoms with Crippen molar-refractivity contribution in [2.45, 2.75) is 18.9 Å². The third-order valence-corrected chi connectivity index (χ3v) is 4.85. The molecule has 0 fully saturated rings. The maximum absolute atomic E-state index is 12.3. The number of fused-ring (bicyclic) bond motifs is 1. The van der Waals surface area contributed by atoms with E-state index < -0.39 is 0 Å². The number of amides is 2. The Kier molecular flexibility index (Phi) is 4.15. The second-order valence-electron chi connectivity index (χ2n) is 6.06. The van der Waals surface area contributed by atoms with Gasteiger partial charge in [-0.15, -0.1) is 0 Å². The van der Waals surface area contributed by atoms with Gasteiger partial charge in [0.05, 0.1) is 12.2 Å². The van der Waals surface area contributed by atoms with E-state index in [1.54, 1.807) is 6.20 Å². The van der Waals surface area contributed by atoms with Crippen molar-refractivity contribution in [2.75, 3.05) is 5.32 Å². The molecule has 0 bridgehead atoms. The van der Waals surface area contributed by atoms with Crippen LogP contribution in [-0.4, -0.2) is 16.2 Å². The predicted octanol–water partition coefficient (Wildman–Crippen LogP) is 4.54. The van der Waals surface area contributed by atoms with Crippen LogP contribution < -0.4 is 10.6 Å². The minimum atomic E-state index is -0.214. The molecule has 1 aliphatic rings. The topological polar surface area (TPSA) is 69.8 Å². The molecule has 3 N–H and O–H groups in total. The summed E-state index contributed by atoms with van der Waals surface area (Å²) in [5.41, 5.74) is 5.04. The standard InChI is InChI=1S/C19H17ClN4O/c20-17-3-1-2-16-15(17)8-9-18(16)24-19(25)23-14-6-4-12(5-7-14)13-10-21-22-11-13/h1-7,10-11,18H,8-9H2,(H,21,22)(H2,23,24,25). The van der Waals surface area contributed by atoms with Crippen LogP contribution >= 0.6 is 11.6 Å². The monoisotopic (exact) mass is 352 g/mol. The molecule has 2 amide bonds. The maximum atomic E-state index is 12.3. The first-order valence-electron chi connectivity index (χ1n) is 8.15. The van der Waals surface area contributed by atoms with Gasteiger partial charge in [0.25, 0.3) is 0 Å². The van der Waals surface area contributed by atoms with Gasteiger partial charge in [-0.3, -0.25) is 5.10 Å². The number of aromatic amines is 1. The summed E-state index contributed by atoms with van der Waals surface area (Å²) in [6.07, 6.45) is 5.35. The second-order valence-corrected chi connectivity index (χ2v) is 6.47. The van der Waals surface area contributed by atoms with Gasteiger partial charge in [0, 0.05) is 22.5 Å². The van der Waals surface area contributed by atoms with Gasteiger partial charge >= 0.3 is 6.03 Å². The zero-order valence-corrected chi connectivity index (χ0v) is 14.2. The third-order valence-electron chi connectivity index (χ3n) is 4.49. The lowest BCUT2D eigenvalue weighted by atomic mass is 10.1. The van der Waals surface area contributed by atoms with Crippen LogP contribution in [0.5, 0.6) is 0 Å². The van der Waals surface area contributed by atoms with Gasteiger partial charge in [0.15, 0.2) is 0 Å². The van der Waals surface area contributed by atoms with E-state index in [0.717, 1.165) is 45.8 Å². The minimum absolute atomic E-state index is 0.00102. The molecular weight excluding hydrogens is 336 g/mol. The number of carbonyl (C=O) groups is 1. The van der Waals surface area contributed by atoms with Crippen molar-refractivity contribution in [2.24, 2.45) is 0 Å². The molecule has 25 heavy (non-hydrogen) atoms. The highest BCUT2D eigenvalue weighted by Crippen LogP contribution is 2.35. The Labute approximate surface area is 150 Å². The number of hydrogen-bond acceptors (Lipinski definition) is 2. The Bertz CT molecular complexity index is 890. The van der Waals surface area contributed by atoms with Crippen LogP contribution in [0.15, 0.2) is 54.9 Å². The molecule has 1 unspecified atom stereocenters. The molecule has 1 atom stereocenters. The number of halogens is 1. The van der Waals surface area contributed by atoms with Gasteiger partial charge in [-0.25, -0.2) is 4.79 Å². The lowest BCUT2D eigenvalue weighted by molar-refractivity contribution is 0.248. The molecule has 1 aliphatic carbocycles. The highest BCUT2D eigenvalue weighted by molar-refractivity contribution is 6.31. The molecule has 6 heteroatoms. The molecule has 0 saturated carbocycles. The second kappa shape index (κ2) is 6.61. The van der Waals surface area contributed by atoms with E-state index in [0.29, 0.717) is 0 Å². The van der Waals surface area contributed by atoms with E-state index >= 15 is 0 Å². The summed E-state index contributed by atoms with van der Waals surface area (Å²) in [6.45, 7) is 0. The molecule has 0 spiro atoms. The van der Waals surface area contributed by atoms with Crippen molar-refractivity contribution in [3.8, 4) is 11.1 Å². The molecule has 0 saturated heterocycles. The van der Waals surface area contributed by atoms with Gasteiger partial charge < -0.3 is 10.6 Å². The van der Waals surface area contributed by atoms with Crippen molar-refractivity contribution < 1.29 is 4.79 Å². The average Bonchev–Trinajstić information content (AvgIpc) is 3.27. The Morgan fingerprint density at radius 3 is 2.76 bits per heavy atom. The molecule has 0 aliphatic heterocycles. The summed E-state index contributed by atoms with van der Waals surface area (Å²) in [6, 6.07) is 13.3. The van der Waals surface area contributed by atoms with E-state index in [2.05, 4.69) is 20.8 Å². The summed E-state index contributed by atoms with van der Waals surface area (Å²) in [4.78, 5) is 12.3. The largest absolute Gasteiger partial charge is 0.331 e. The fourth-order valence-electron chi connectivity index (χ4n) is 3.24. The summed E-state index contributed by atoms with van der Waals surface area (Å²) in [5, 5.41) is 13.4. The summed E-state index contributed by atoms with van der Waals surface area (Å²) < 4.78 is 0. The molecule has 0 radical (unpaired) electrons. The number of nitrogens with zero attached hydrogens (tertiary/aromatic N) is 1. The smallest absolute Gasteiger partial charge is 0.319 e. The van der Waals surface area contributed by atoms with Crippen LogP contribution in [-0.2, 0) is 6.42 Å². The lowest BCUT2D eigenvalue weighted by Crippen LogP contribution is -2.31. The van der Waals surface area contributed by atoms with Gasteiger partial charge in [0.2, 0.25) is 0 Å². The number of aromatic nitrogens is 2. The first kappa shape index (κ1) is 15.7. The Hall–Kier alpha value is -2.79. The van der Waals surface area contributed by atoms with E-state index in [-0.39, 0.29) is 12.1 Å². The Balaban J connectivity index is 1.41. The van der Waals surface area contributed by atoms with Gasteiger partial charge in [0.1, 0.15) is 0 Å². The number of benzene rings is 2. The number of urea groups is 1. The van der Waals surface area contributed by atoms with Gasteiger partial charge in [-0.1, -0.05) is 35.9 Å². The van der Waals surface area contributed by atoms with E-state index in [9.17, 15) is 4.79 Å². The van der Waals surface area contributed by atoms with Crippen LogP contribution in [0, 0.1) is 0 Å².